The number of aliphatic imine (C=N–C) groups is 1. The van der Waals surface area contributed by atoms with Gasteiger partial charge in [0.1, 0.15) is 17.2 Å². The normalized spacial score (nSPS) is 19.8. The van der Waals surface area contributed by atoms with Crippen molar-refractivity contribution in [3.8, 4) is 11.5 Å². The lowest BCUT2D eigenvalue weighted by molar-refractivity contribution is 0.122. The van der Waals surface area contributed by atoms with E-state index in [1.807, 2.05) is 29.3 Å². The van der Waals surface area contributed by atoms with E-state index >= 15 is 0 Å². The van der Waals surface area contributed by atoms with Crippen LogP contribution in [0.1, 0.15) is 25.1 Å². The number of amidine groups is 1. The zero-order valence-electron chi connectivity index (χ0n) is 20.2. The van der Waals surface area contributed by atoms with Crippen molar-refractivity contribution >= 4 is 23.2 Å². The first-order chi connectivity index (χ1) is 16.5. The van der Waals surface area contributed by atoms with Crippen LogP contribution in [-0.2, 0) is 11.3 Å². The third-order valence-corrected chi connectivity index (χ3v) is 6.68. The highest BCUT2D eigenvalue weighted by atomic mass is 16.5. The van der Waals surface area contributed by atoms with Crippen molar-refractivity contribution in [1.82, 2.24) is 9.88 Å². The van der Waals surface area contributed by atoms with Gasteiger partial charge >= 0.3 is 6.03 Å². The van der Waals surface area contributed by atoms with Crippen LogP contribution in [0.4, 0.5) is 16.2 Å². The standard InChI is InChI=1S/C25H31N5O4/c1-16(2)22-14-27-24-23-21(11-18(13-26-23)28-5-7-34-8-6-28)29(25(31)30(22)24)15-17-9-19(32-3)12-20(10-17)33-4/h9-13,16,22H,5-8,14-15H2,1-4H3. The number of urea groups is 1. The Kier molecular flexibility index (Phi) is 6.03. The minimum absolute atomic E-state index is 0.0127. The van der Waals surface area contributed by atoms with E-state index in [4.69, 9.17) is 24.2 Å². The zero-order chi connectivity index (χ0) is 23.8. The van der Waals surface area contributed by atoms with E-state index in [1.54, 1.807) is 19.1 Å². The lowest BCUT2D eigenvalue weighted by Crippen LogP contribution is -2.54. The molecule has 3 aliphatic heterocycles. The summed E-state index contributed by atoms with van der Waals surface area (Å²) in [7, 11) is 3.25. The number of rotatable bonds is 6. The zero-order valence-corrected chi connectivity index (χ0v) is 20.2. The molecule has 1 atom stereocenters. The van der Waals surface area contributed by atoms with Crippen LogP contribution in [0.15, 0.2) is 35.5 Å². The Morgan fingerprint density at radius 3 is 2.44 bits per heavy atom. The van der Waals surface area contributed by atoms with Gasteiger partial charge in [-0.15, -0.1) is 0 Å². The van der Waals surface area contributed by atoms with E-state index in [-0.39, 0.29) is 18.0 Å². The topological polar surface area (TPSA) is 79.7 Å². The molecule has 1 aromatic heterocycles. The van der Waals surface area contributed by atoms with Gasteiger partial charge in [-0.3, -0.25) is 14.8 Å². The fourth-order valence-electron chi connectivity index (χ4n) is 4.77. The van der Waals surface area contributed by atoms with Gasteiger partial charge in [0.25, 0.3) is 0 Å². The van der Waals surface area contributed by atoms with Gasteiger partial charge in [-0.1, -0.05) is 13.8 Å². The Morgan fingerprint density at radius 1 is 1.09 bits per heavy atom. The number of morpholine rings is 1. The Labute approximate surface area is 199 Å². The summed E-state index contributed by atoms with van der Waals surface area (Å²) in [5.74, 6) is 2.32. The summed E-state index contributed by atoms with van der Waals surface area (Å²) in [5.41, 5.74) is 3.41. The fourth-order valence-corrected chi connectivity index (χ4v) is 4.77. The molecule has 9 nitrogen and oxygen atoms in total. The Morgan fingerprint density at radius 2 is 1.79 bits per heavy atom. The first-order valence-corrected chi connectivity index (χ1v) is 11.7. The molecule has 0 aliphatic carbocycles. The first kappa shape index (κ1) is 22.5. The molecule has 4 heterocycles. The number of benzene rings is 1. The van der Waals surface area contributed by atoms with Crippen molar-refractivity contribution in [3.05, 3.63) is 41.7 Å². The minimum Gasteiger partial charge on any atom is -0.497 e. The summed E-state index contributed by atoms with van der Waals surface area (Å²) in [6, 6.07) is 7.69. The largest absolute Gasteiger partial charge is 0.497 e. The van der Waals surface area contributed by atoms with Gasteiger partial charge in [0.2, 0.25) is 0 Å². The quantitative estimate of drug-likeness (QED) is 0.652. The molecule has 1 saturated heterocycles. The number of hydrogen-bond acceptors (Lipinski definition) is 7. The Balaban J connectivity index is 1.58. The molecule has 0 spiro atoms. The summed E-state index contributed by atoms with van der Waals surface area (Å²) in [5, 5.41) is 0. The van der Waals surface area contributed by atoms with Crippen molar-refractivity contribution in [2.24, 2.45) is 10.9 Å². The molecular formula is C25H31N5O4. The Bertz CT molecular complexity index is 1090. The molecular weight excluding hydrogens is 434 g/mol. The van der Waals surface area contributed by atoms with Gasteiger partial charge in [0.05, 0.1) is 64.1 Å². The van der Waals surface area contributed by atoms with Crippen molar-refractivity contribution in [2.45, 2.75) is 26.4 Å². The van der Waals surface area contributed by atoms with E-state index in [0.717, 1.165) is 35.7 Å². The molecule has 0 radical (unpaired) electrons. The van der Waals surface area contributed by atoms with Gasteiger partial charge in [-0.2, -0.15) is 0 Å². The molecule has 5 rings (SSSR count). The third-order valence-electron chi connectivity index (χ3n) is 6.68. The predicted molar refractivity (Wildman–Crippen MR) is 130 cm³/mol. The van der Waals surface area contributed by atoms with E-state index in [0.29, 0.717) is 43.6 Å². The fraction of sp³-hybridized carbons (Fsp3) is 0.480. The highest BCUT2D eigenvalue weighted by Gasteiger charge is 2.44. The number of amides is 2. The number of carbonyl (C=O) groups is 1. The number of hydrogen-bond donors (Lipinski definition) is 0. The van der Waals surface area contributed by atoms with Crippen molar-refractivity contribution in [3.63, 3.8) is 0 Å². The van der Waals surface area contributed by atoms with Crippen LogP contribution in [0.5, 0.6) is 11.5 Å². The van der Waals surface area contributed by atoms with E-state index in [2.05, 4.69) is 24.8 Å². The van der Waals surface area contributed by atoms with Crippen LogP contribution >= 0.6 is 0 Å². The number of nitrogens with zero attached hydrogens (tertiary/aromatic N) is 5. The second kappa shape index (κ2) is 9.13. The third kappa shape index (κ3) is 3.94. The maximum atomic E-state index is 13.9. The van der Waals surface area contributed by atoms with Crippen molar-refractivity contribution < 1.29 is 19.0 Å². The summed E-state index contributed by atoms with van der Waals surface area (Å²) in [4.78, 5) is 29.4. The average molecular weight is 466 g/mol. The molecule has 3 aliphatic rings. The molecule has 0 saturated carbocycles. The second-order valence-corrected chi connectivity index (χ2v) is 9.10. The number of aromatic nitrogens is 1. The van der Waals surface area contributed by atoms with Crippen LogP contribution in [0.3, 0.4) is 0 Å². The number of ether oxygens (including phenoxy) is 3. The highest BCUT2D eigenvalue weighted by molar-refractivity contribution is 6.19. The molecule has 34 heavy (non-hydrogen) atoms. The maximum Gasteiger partial charge on any atom is 0.330 e. The number of fused-ring (bicyclic) bond motifs is 3. The molecule has 1 fully saturated rings. The smallest absolute Gasteiger partial charge is 0.330 e. The molecule has 9 heteroatoms. The molecule has 2 amide bonds. The Hall–Kier alpha value is -3.33. The van der Waals surface area contributed by atoms with Crippen LogP contribution in [-0.4, -0.2) is 74.9 Å². The van der Waals surface area contributed by atoms with Crippen LogP contribution in [0, 0.1) is 5.92 Å². The number of carbonyl (C=O) groups excluding carboxylic acids is 1. The number of methoxy groups -OCH3 is 2. The molecule has 1 unspecified atom stereocenters. The van der Waals surface area contributed by atoms with E-state index in [1.165, 1.54) is 0 Å². The van der Waals surface area contributed by atoms with Gasteiger partial charge in [-0.05, 0) is 29.7 Å². The summed E-state index contributed by atoms with van der Waals surface area (Å²) in [6.45, 7) is 8.15. The summed E-state index contributed by atoms with van der Waals surface area (Å²) < 4.78 is 16.4. The van der Waals surface area contributed by atoms with Crippen molar-refractivity contribution in [1.29, 1.82) is 0 Å². The molecule has 0 bridgehead atoms. The molecule has 2 aromatic rings. The molecule has 0 N–H and O–H groups in total. The van der Waals surface area contributed by atoms with Crippen LogP contribution < -0.4 is 19.3 Å². The predicted octanol–water partition coefficient (Wildman–Crippen LogP) is 3.16. The first-order valence-electron chi connectivity index (χ1n) is 11.7. The van der Waals surface area contributed by atoms with Crippen LogP contribution in [0.2, 0.25) is 0 Å². The lowest BCUT2D eigenvalue weighted by atomic mass is 10.0. The average Bonchev–Trinajstić information content (AvgIpc) is 3.32. The van der Waals surface area contributed by atoms with Gasteiger partial charge in [-0.25, -0.2) is 9.78 Å². The second-order valence-electron chi connectivity index (χ2n) is 9.10. The summed E-state index contributed by atoms with van der Waals surface area (Å²) >= 11 is 0. The van der Waals surface area contributed by atoms with E-state index in [9.17, 15) is 4.79 Å². The van der Waals surface area contributed by atoms with Crippen molar-refractivity contribution in [2.75, 3.05) is 56.9 Å². The molecule has 1 aromatic carbocycles. The monoisotopic (exact) mass is 465 g/mol. The summed E-state index contributed by atoms with van der Waals surface area (Å²) in [6.07, 6.45) is 1.89. The molecule has 180 valence electrons. The minimum atomic E-state index is -0.0786. The van der Waals surface area contributed by atoms with E-state index < -0.39 is 0 Å². The van der Waals surface area contributed by atoms with Crippen LogP contribution in [0.25, 0.3) is 0 Å². The highest BCUT2D eigenvalue weighted by Crippen LogP contribution is 2.37. The van der Waals surface area contributed by atoms with Gasteiger partial charge < -0.3 is 19.1 Å². The van der Waals surface area contributed by atoms with Gasteiger partial charge in [0.15, 0.2) is 5.84 Å². The number of pyridine rings is 1. The maximum absolute atomic E-state index is 13.9. The van der Waals surface area contributed by atoms with Gasteiger partial charge in [0, 0.05) is 19.2 Å². The number of anilines is 2. The SMILES string of the molecule is COc1cc(CN2C(=O)N3C(=NCC3C(C)C)c3ncc(N4CCOCC4)cc32)cc(OC)c1. The lowest BCUT2D eigenvalue weighted by Gasteiger charge is -2.39.